The first-order valence-corrected chi connectivity index (χ1v) is 7.85. The number of sulfonamides is 1. The Morgan fingerprint density at radius 3 is 2.84 bits per heavy atom. The zero-order valence-electron chi connectivity index (χ0n) is 10.6. The Balaban J connectivity index is 3.13. The summed E-state index contributed by atoms with van der Waals surface area (Å²) in [7, 11) is -1.98. The van der Waals surface area contributed by atoms with Crippen molar-refractivity contribution in [2.75, 3.05) is 26.7 Å². The zero-order chi connectivity index (χ0) is 14.5. The highest BCUT2D eigenvalue weighted by atomic mass is 79.9. The second kappa shape index (κ2) is 7.20. The molecule has 0 bridgehead atoms. The van der Waals surface area contributed by atoms with Crippen molar-refractivity contribution in [2.45, 2.75) is 11.4 Å². The minimum atomic E-state index is -3.72. The van der Waals surface area contributed by atoms with Crippen LogP contribution in [0, 0.1) is 0 Å². The maximum atomic E-state index is 12.4. The van der Waals surface area contributed by atoms with E-state index in [4.69, 9.17) is 9.52 Å². The third-order valence-electron chi connectivity index (χ3n) is 2.36. The maximum absolute atomic E-state index is 12.4. The maximum Gasteiger partial charge on any atom is 0.247 e. The molecule has 0 atom stereocenters. The van der Waals surface area contributed by atoms with Crippen molar-refractivity contribution in [3.63, 3.8) is 0 Å². The van der Waals surface area contributed by atoms with Crippen molar-refractivity contribution in [3.8, 4) is 0 Å². The molecule has 1 aromatic rings. The van der Waals surface area contributed by atoms with Gasteiger partial charge in [0.1, 0.15) is 10.7 Å². The summed E-state index contributed by atoms with van der Waals surface area (Å²) in [5.41, 5.74) is 0. The third kappa shape index (κ3) is 3.90. The van der Waals surface area contributed by atoms with Crippen molar-refractivity contribution in [1.82, 2.24) is 9.62 Å². The summed E-state index contributed by atoms with van der Waals surface area (Å²) in [6, 6.07) is 1.46. The molecule has 1 heterocycles. The van der Waals surface area contributed by atoms with Crippen LogP contribution in [0.4, 0.5) is 0 Å². The molecule has 0 saturated heterocycles. The molecule has 0 spiro atoms. The standard InChI is InChI=1S/C11H17BrN2O4S/c1-3-4-14(5-6-15)19(16,17)10-7-9(8-13-2)18-11(10)12/h3,7,13,15H,1,4-6,8H2,2H3. The quantitative estimate of drug-likeness (QED) is 0.680. The van der Waals surface area contributed by atoms with Gasteiger partial charge in [-0.1, -0.05) is 6.08 Å². The van der Waals surface area contributed by atoms with Gasteiger partial charge in [0.2, 0.25) is 10.0 Å². The van der Waals surface area contributed by atoms with Crippen LogP contribution in [0.3, 0.4) is 0 Å². The first kappa shape index (κ1) is 16.4. The number of aliphatic hydroxyl groups excluding tert-OH is 1. The molecule has 0 fully saturated rings. The predicted molar refractivity (Wildman–Crippen MR) is 75.2 cm³/mol. The predicted octanol–water partition coefficient (Wildman–Crippen LogP) is 0.930. The number of hydrogen-bond acceptors (Lipinski definition) is 5. The number of aliphatic hydroxyl groups is 1. The van der Waals surface area contributed by atoms with E-state index < -0.39 is 10.0 Å². The van der Waals surface area contributed by atoms with Crippen molar-refractivity contribution in [3.05, 3.63) is 29.2 Å². The molecule has 19 heavy (non-hydrogen) atoms. The van der Waals surface area contributed by atoms with Gasteiger partial charge in [-0.15, -0.1) is 6.58 Å². The van der Waals surface area contributed by atoms with Crippen LogP contribution in [-0.4, -0.2) is 44.6 Å². The lowest BCUT2D eigenvalue weighted by atomic mass is 10.4. The molecule has 0 saturated carbocycles. The van der Waals surface area contributed by atoms with Gasteiger partial charge in [0.25, 0.3) is 0 Å². The molecule has 0 aliphatic rings. The monoisotopic (exact) mass is 352 g/mol. The zero-order valence-corrected chi connectivity index (χ0v) is 13.0. The topological polar surface area (TPSA) is 82.8 Å². The number of nitrogens with zero attached hydrogens (tertiary/aromatic N) is 1. The average molecular weight is 353 g/mol. The lowest BCUT2D eigenvalue weighted by Crippen LogP contribution is -2.33. The summed E-state index contributed by atoms with van der Waals surface area (Å²) in [4.78, 5) is 0.0491. The van der Waals surface area contributed by atoms with Gasteiger partial charge < -0.3 is 14.8 Å². The minimum Gasteiger partial charge on any atom is -0.452 e. The molecule has 0 aromatic carbocycles. The Bertz CT molecular complexity index is 527. The Morgan fingerprint density at radius 2 is 2.32 bits per heavy atom. The molecule has 0 aliphatic carbocycles. The Kier molecular flexibility index (Phi) is 6.21. The van der Waals surface area contributed by atoms with Crippen LogP contribution in [-0.2, 0) is 16.6 Å². The Hall–Kier alpha value is -0.670. The molecule has 1 aromatic heterocycles. The van der Waals surface area contributed by atoms with E-state index in [0.717, 1.165) is 4.31 Å². The largest absolute Gasteiger partial charge is 0.452 e. The van der Waals surface area contributed by atoms with Crippen molar-refractivity contribution >= 4 is 26.0 Å². The first-order chi connectivity index (χ1) is 8.97. The van der Waals surface area contributed by atoms with Crippen molar-refractivity contribution in [1.29, 1.82) is 0 Å². The molecule has 1 rings (SSSR count). The van der Waals surface area contributed by atoms with E-state index in [1.165, 1.54) is 12.1 Å². The summed E-state index contributed by atoms with van der Waals surface area (Å²) in [6.07, 6.45) is 1.47. The number of rotatable bonds is 8. The highest BCUT2D eigenvalue weighted by Crippen LogP contribution is 2.28. The summed E-state index contributed by atoms with van der Waals surface area (Å²) < 4.78 is 31.4. The van der Waals surface area contributed by atoms with E-state index in [1.54, 1.807) is 7.05 Å². The normalized spacial score (nSPS) is 12.0. The molecule has 6 nitrogen and oxygen atoms in total. The van der Waals surface area contributed by atoms with Gasteiger partial charge in [-0.25, -0.2) is 8.42 Å². The highest BCUT2D eigenvalue weighted by Gasteiger charge is 2.28. The number of hydrogen-bond donors (Lipinski definition) is 2. The van der Waals surface area contributed by atoms with Gasteiger partial charge in [-0.2, -0.15) is 4.31 Å². The van der Waals surface area contributed by atoms with E-state index in [-0.39, 0.29) is 29.3 Å². The number of nitrogens with one attached hydrogen (secondary N) is 1. The van der Waals surface area contributed by atoms with Gasteiger partial charge in [-0.3, -0.25) is 0 Å². The summed E-state index contributed by atoms with van der Waals surface area (Å²) in [5.74, 6) is 0.510. The highest BCUT2D eigenvalue weighted by molar-refractivity contribution is 9.10. The fourth-order valence-electron chi connectivity index (χ4n) is 1.54. The van der Waals surface area contributed by atoms with Gasteiger partial charge >= 0.3 is 0 Å². The van der Waals surface area contributed by atoms with Gasteiger partial charge in [0.15, 0.2) is 4.67 Å². The minimum absolute atomic E-state index is 0.00728. The molecule has 0 aliphatic heterocycles. The lowest BCUT2D eigenvalue weighted by Gasteiger charge is -2.18. The van der Waals surface area contributed by atoms with Crippen LogP contribution in [0.15, 0.2) is 32.7 Å². The van der Waals surface area contributed by atoms with E-state index in [9.17, 15) is 8.42 Å². The van der Waals surface area contributed by atoms with E-state index in [1.807, 2.05) is 0 Å². The summed E-state index contributed by atoms with van der Waals surface area (Å²) >= 11 is 3.10. The SMILES string of the molecule is C=CCN(CCO)S(=O)(=O)c1cc(CNC)oc1Br. The Labute approximate surface area is 121 Å². The molecule has 0 unspecified atom stereocenters. The second-order valence-corrected chi connectivity index (χ2v) is 6.38. The van der Waals surface area contributed by atoms with Gasteiger partial charge in [0, 0.05) is 19.2 Å². The molecule has 0 radical (unpaired) electrons. The van der Waals surface area contributed by atoms with E-state index in [0.29, 0.717) is 12.3 Å². The van der Waals surface area contributed by atoms with Gasteiger partial charge in [0.05, 0.1) is 13.2 Å². The van der Waals surface area contributed by atoms with Crippen LogP contribution in [0.25, 0.3) is 0 Å². The van der Waals surface area contributed by atoms with Crippen molar-refractivity contribution < 1.29 is 17.9 Å². The fraction of sp³-hybridized carbons (Fsp3) is 0.455. The molecule has 2 N–H and O–H groups in total. The van der Waals surface area contributed by atoms with Crippen LogP contribution in [0.1, 0.15) is 5.76 Å². The van der Waals surface area contributed by atoms with Crippen LogP contribution >= 0.6 is 15.9 Å². The van der Waals surface area contributed by atoms with E-state index >= 15 is 0 Å². The second-order valence-electron chi connectivity index (χ2n) is 3.76. The average Bonchev–Trinajstić information content (AvgIpc) is 2.71. The lowest BCUT2D eigenvalue weighted by molar-refractivity contribution is 0.260. The smallest absolute Gasteiger partial charge is 0.247 e. The Morgan fingerprint density at radius 1 is 1.63 bits per heavy atom. The molecular formula is C11H17BrN2O4S. The molecule has 0 amide bonds. The first-order valence-electron chi connectivity index (χ1n) is 5.62. The van der Waals surface area contributed by atoms with Crippen LogP contribution in [0.2, 0.25) is 0 Å². The molecular weight excluding hydrogens is 336 g/mol. The van der Waals surface area contributed by atoms with Crippen LogP contribution < -0.4 is 5.32 Å². The van der Waals surface area contributed by atoms with Gasteiger partial charge in [-0.05, 0) is 23.0 Å². The van der Waals surface area contributed by atoms with E-state index in [2.05, 4.69) is 27.8 Å². The number of furan rings is 1. The fourth-order valence-corrected chi connectivity index (χ4v) is 3.90. The number of halogens is 1. The summed E-state index contributed by atoms with van der Waals surface area (Å²) in [5, 5.41) is 11.8. The summed E-state index contributed by atoms with van der Waals surface area (Å²) in [6.45, 7) is 3.82. The molecule has 108 valence electrons. The third-order valence-corrected chi connectivity index (χ3v) is 5.08. The van der Waals surface area contributed by atoms with Crippen LogP contribution in [0.5, 0.6) is 0 Å². The molecule has 8 heteroatoms. The van der Waals surface area contributed by atoms with Crippen molar-refractivity contribution in [2.24, 2.45) is 0 Å².